The Bertz CT molecular complexity index is 346. The van der Waals surface area contributed by atoms with Crippen LogP contribution >= 0.6 is 0 Å². The largest absolute Gasteiger partial charge is 0.491 e. The van der Waals surface area contributed by atoms with E-state index in [9.17, 15) is 0 Å². The van der Waals surface area contributed by atoms with Gasteiger partial charge in [0.25, 0.3) is 0 Å². The lowest BCUT2D eigenvalue weighted by molar-refractivity contribution is 0.318. The molecule has 1 heterocycles. The highest BCUT2D eigenvalue weighted by atomic mass is 16.5. The Morgan fingerprint density at radius 3 is 2.87 bits per heavy atom. The van der Waals surface area contributed by atoms with Crippen molar-refractivity contribution in [3.8, 4) is 5.75 Å². The van der Waals surface area contributed by atoms with Crippen molar-refractivity contribution in [3.05, 3.63) is 23.8 Å². The third kappa shape index (κ3) is 1.94. The third-order valence-corrected chi connectivity index (χ3v) is 2.94. The predicted molar refractivity (Wildman–Crippen MR) is 63.9 cm³/mol. The highest BCUT2D eigenvalue weighted by Crippen LogP contribution is 2.37. The summed E-state index contributed by atoms with van der Waals surface area (Å²) in [7, 11) is 2.14. The smallest absolute Gasteiger partial charge is 0.146 e. The number of fused-ring (bicyclic) bond motifs is 1. The first-order chi connectivity index (χ1) is 7.20. The molecule has 2 heteroatoms. The van der Waals surface area contributed by atoms with Gasteiger partial charge in [-0.1, -0.05) is 26.0 Å². The molecule has 0 amide bonds. The molecule has 1 aromatic rings. The van der Waals surface area contributed by atoms with Crippen molar-refractivity contribution in [1.82, 2.24) is 0 Å². The van der Waals surface area contributed by atoms with Crippen LogP contribution in [0.4, 0.5) is 5.69 Å². The van der Waals surface area contributed by atoms with Crippen molar-refractivity contribution in [1.29, 1.82) is 0 Å². The molecule has 0 aliphatic carbocycles. The van der Waals surface area contributed by atoms with Crippen LogP contribution < -0.4 is 9.64 Å². The molecule has 0 unspecified atom stereocenters. The first kappa shape index (κ1) is 10.3. The zero-order valence-electron chi connectivity index (χ0n) is 9.79. The first-order valence-electron chi connectivity index (χ1n) is 5.67. The van der Waals surface area contributed by atoms with Gasteiger partial charge in [-0.2, -0.15) is 0 Å². The minimum atomic E-state index is 0.520. The Morgan fingerprint density at radius 1 is 1.33 bits per heavy atom. The summed E-state index contributed by atoms with van der Waals surface area (Å²) in [5.41, 5.74) is 2.56. The number of nitrogens with zero attached hydrogens (tertiary/aromatic N) is 1. The van der Waals surface area contributed by atoms with Crippen LogP contribution in [-0.2, 0) is 0 Å². The molecule has 0 aromatic heterocycles. The molecule has 0 N–H and O–H groups in total. The molecule has 82 valence electrons. The average molecular weight is 205 g/mol. The second kappa shape index (κ2) is 4.13. The van der Waals surface area contributed by atoms with Gasteiger partial charge in [-0.15, -0.1) is 0 Å². The second-order valence-electron chi connectivity index (χ2n) is 4.47. The van der Waals surface area contributed by atoms with E-state index in [1.807, 2.05) is 0 Å². The summed E-state index contributed by atoms with van der Waals surface area (Å²) in [5, 5.41) is 0. The van der Waals surface area contributed by atoms with E-state index >= 15 is 0 Å². The SMILES string of the molecule is CC(C)c1cccc2c1OCCCN2C. The molecule has 2 nitrogen and oxygen atoms in total. The molecule has 1 aromatic carbocycles. The summed E-state index contributed by atoms with van der Waals surface area (Å²) in [5.74, 6) is 1.61. The van der Waals surface area contributed by atoms with Crippen LogP contribution in [0.2, 0.25) is 0 Å². The predicted octanol–water partition coefficient (Wildman–Crippen LogP) is 3.03. The summed E-state index contributed by atoms with van der Waals surface area (Å²) >= 11 is 0. The van der Waals surface area contributed by atoms with Gasteiger partial charge in [0.2, 0.25) is 0 Å². The van der Waals surface area contributed by atoms with Crippen molar-refractivity contribution in [2.24, 2.45) is 0 Å². The van der Waals surface area contributed by atoms with Crippen molar-refractivity contribution in [3.63, 3.8) is 0 Å². The molecule has 0 saturated heterocycles. The molecular formula is C13H19NO. The number of hydrogen-bond donors (Lipinski definition) is 0. The molecule has 15 heavy (non-hydrogen) atoms. The topological polar surface area (TPSA) is 12.5 Å². The Kier molecular flexibility index (Phi) is 2.85. The van der Waals surface area contributed by atoms with E-state index in [-0.39, 0.29) is 0 Å². The highest BCUT2D eigenvalue weighted by molar-refractivity contribution is 5.62. The van der Waals surface area contributed by atoms with Crippen molar-refractivity contribution in [2.75, 3.05) is 25.1 Å². The van der Waals surface area contributed by atoms with Gasteiger partial charge in [-0.25, -0.2) is 0 Å². The Balaban J connectivity index is 2.48. The molecule has 1 aliphatic rings. The molecule has 0 radical (unpaired) electrons. The van der Waals surface area contributed by atoms with Crippen LogP contribution in [0.3, 0.4) is 0 Å². The standard InChI is InChI=1S/C13H19NO/c1-10(2)11-6-4-7-12-13(11)15-9-5-8-14(12)3/h4,6-7,10H,5,8-9H2,1-3H3. The van der Waals surface area contributed by atoms with Gasteiger partial charge in [0, 0.05) is 13.6 Å². The number of rotatable bonds is 1. The van der Waals surface area contributed by atoms with Gasteiger partial charge in [0.1, 0.15) is 5.75 Å². The molecule has 0 bridgehead atoms. The fraction of sp³-hybridized carbons (Fsp3) is 0.538. The van der Waals surface area contributed by atoms with E-state index in [0.717, 1.165) is 25.3 Å². The van der Waals surface area contributed by atoms with E-state index in [0.29, 0.717) is 5.92 Å². The zero-order valence-corrected chi connectivity index (χ0v) is 9.79. The molecule has 0 spiro atoms. The summed E-state index contributed by atoms with van der Waals surface area (Å²) < 4.78 is 5.87. The lowest BCUT2D eigenvalue weighted by atomic mass is 10.0. The summed E-state index contributed by atoms with van der Waals surface area (Å²) in [4.78, 5) is 2.29. The fourth-order valence-corrected chi connectivity index (χ4v) is 2.05. The summed E-state index contributed by atoms with van der Waals surface area (Å²) in [6, 6.07) is 6.44. The number of anilines is 1. The number of benzene rings is 1. The van der Waals surface area contributed by atoms with E-state index in [4.69, 9.17) is 4.74 Å². The maximum absolute atomic E-state index is 5.87. The van der Waals surface area contributed by atoms with E-state index < -0.39 is 0 Å². The maximum atomic E-state index is 5.87. The van der Waals surface area contributed by atoms with E-state index in [1.54, 1.807) is 0 Å². The monoisotopic (exact) mass is 205 g/mol. The number of para-hydroxylation sites is 1. The summed E-state index contributed by atoms with van der Waals surface area (Å²) in [6.07, 6.45) is 1.10. The van der Waals surface area contributed by atoms with Gasteiger partial charge >= 0.3 is 0 Å². The van der Waals surface area contributed by atoms with Crippen LogP contribution in [0.25, 0.3) is 0 Å². The van der Waals surface area contributed by atoms with Crippen LogP contribution in [0.5, 0.6) is 5.75 Å². The molecule has 0 saturated carbocycles. The second-order valence-corrected chi connectivity index (χ2v) is 4.47. The normalized spacial score (nSPS) is 15.9. The number of ether oxygens (including phenoxy) is 1. The van der Waals surface area contributed by atoms with Crippen molar-refractivity contribution < 1.29 is 4.74 Å². The Hall–Kier alpha value is -1.18. The Morgan fingerprint density at radius 2 is 2.13 bits per heavy atom. The van der Waals surface area contributed by atoms with Gasteiger partial charge in [-0.3, -0.25) is 0 Å². The summed E-state index contributed by atoms with van der Waals surface area (Å²) in [6.45, 7) is 6.34. The lowest BCUT2D eigenvalue weighted by Gasteiger charge is -2.20. The van der Waals surface area contributed by atoms with Crippen LogP contribution in [0, 0.1) is 0 Å². The van der Waals surface area contributed by atoms with Gasteiger partial charge in [-0.05, 0) is 24.0 Å². The quantitative estimate of drug-likeness (QED) is 0.698. The van der Waals surface area contributed by atoms with Crippen molar-refractivity contribution >= 4 is 5.69 Å². The zero-order chi connectivity index (χ0) is 10.8. The van der Waals surface area contributed by atoms with Crippen LogP contribution in [0.15, 0.2) is 18.2 Å². The Labute approximate surface area is 91.9 Å². The van der Waals surface area contributed by atoms with Crippen LogP contribution in [-0.4, -0.2) is 20.2 Å². The maximum Gasteiger partial charge on any atom is 0.146 e. The fourth-order valence-electron chi connectivity index (χ4n) is 2.05. The molecule has 0 fully saturated rings. The van der Waals surface area contributed by atoms with Gasteiger partial charge in [0.15, 0.2) is 0 Å². The number of hydrogen-bond acceptors (Lipinski definition) is 2. The minimum Gasteiger partial charge on any atom is -0.491 e. The molecule has 2 rings (SSSR count). The van der Waals surface area contributed by atoms with Crippen molar-refractivity contribution in [2.45, 2.75) is 26.2 Å². The minimum absolute atomic E-state index is 0.520. The van der Waals surface area contributed by atoms with Gasteiger partial charge < -0.3 is 9.64 Å². The average Bonchev–Trinajstić information content (AvgIpc) is 2.40. The van der Waals surface area contributed by atoms with E-state index in [2.05, 4.69) is 44.0 Å². The van der Waals surface area contributed by atoms with Crippen LogP contribution in [0.1, 0.15) is 31.7 Å². The molecule has 0 atom stereocenters. The van der Waals surface area contributed by atoms with Gasteiger partial charge in [0.05, 0.1) is 12.3 Å². The first-order valence-corrected chi connectivity index (χ1v) is 5.67. The third-order valence-electron chi connectivity index (χ3n) is 2.94. The highest BCUT2D eigenvalue weighted by Gasteiger charge is 2.17. The molecular weight excluding hydrogens is 186 g/mol. The van der Waals surface area contributed by atoms with E-state index in [1.165, 1.54) is 11.3 Å². The molecule has 1 aliphatic heterocycles. The lowest BCUT2D eigenvalue weighted by Crippen LogP contribution is -2.17.